The third-order valence-electron chi connectivity index (χ3n) is 6.18. The first-order valence-electron chi connectivity index (χ1n) is 10.5. The van der Waals surface area contributed by atoms with Crippen LogP contribution in [0.1, 0.15) is 61.7 Å². The number of nitrogens with one attached hydrogen (secondary N) is 1. The second-order valence-electron chi connectivity index (χ2n) is 8.15. The van der Waals surface area contributed by atoms with Gasteiger partial charge in [0.25, 0.3) is 12.0 Å². The van der Waals surface area contributed by atoms with Crippen LogP contribution >= 0.6 is 0 Å². The number of para-hydroxylation sites is 1. The van der Waals surface area contributed by atoms with E-state index in [0.29, 0.717) is 11.3 Å². The molecule has 6 nitrogen and oxygen atoms in total. The molecule has 0 amide bonds. The SMILES string of the molecule is O=c1cc2c(nn1C1CCC(Nc3nc(C(F)F)nc4ccccc34)CC1)CCC2. The van der Waals surface area contributed by atoms with E-state index in [1.807, 2.05) is 12.1 Å². The molecule has 0 aliphatic heterocycles. The first-order chi connectivity index (χ1) is 14.6. The first-order valence-corrected chi connectivity index (χ1v) is 10.5. The second kappa shape index (κ2) is 7.74. The Bertz CT molecular complexity index is 1140. The van der Waals surface area contributed by atoms with Crippen molar-refractivity contribution in [2.45, 2.75) is 63.5 Å². The molecular formula is C22H23F2N5O. The Kier molecular flexibility index (Phi) is 4.92. The highest BCUT2D eigenvalue weighted by Crippen LogP contribution is 2.31. The zero-order valence-electron chi connectivity index (χ0n) is 16.5. The molecule has 1 saturated carbocycles. The molecule has 2 aliphatic rings. The Labute approximate surface area is 172 Å². The summed E-state index contributed by atoms with van der Waals surface area (Å²) in [6, 6.07) is 9.13. The topological polar surface area (TPSA) is 72.7 Å². The van der Waals surface area contributed by atoms with Gasteiger partial charge in [0.15, 0.2) is 5.82 Å². The van der Waals surface area contributed by atoms with Crippen LogP contribution in [0.15, 0.2) is 35.1 Å². The molecule has 0 saturated heterocycles. The molecule has 30 heavy (non-hydrogen) atoms. The van der Waals surface area contributed by atoms with Crippen LogP contribution in [0.2, 0.25) is 0 Å². The summed E-state index contributed by atoms with van der Waals surface area (Å²) in [6.07, 6.45) is 3.50. The Morgan fingerprint density at radius 1 is 1.07 bits per heavy atom. The standard InChI is InChI=1S/C22H23F2N5O/c23-20(24)22-26-18-6-2-1-5-16(18)21(27-22)25-14-8-10-15(11-9-14)29-19(30)12-13-4-3-7-17(13)28-29/h1-2,5-6,12,14-15,20H,3-4,7-11H2,(H,25,26,27). The molecule has 1 N–H and O–H groups in total. The van der Waals surface area contributed by atoms with E-state index in [2.05, 4.69) is 20.4 Å². The molecule has 2 heterocycles. The van der Waals surface area contributed by atoms with E-state index in [9.17, 15) is 13.6 Å². The van der Waals surface area contributed by atoms with Gasteiger partial charge in [-0.05, 0) is 62.6 Å². The zero-order chi connectivity index (χ0) is 20.7. The van der Waals surface area contributed by atoms with Gasteiger partial charge in [-0.3, -0.25) is 4.79 Å². The smallest absolute Gasteiger partial charge is 0.297 e. The lowest BCUT2D eigenvalue weighted by Crippen LogP contribution is -2.34. The number of benzene rings is 1. The average Bonchev–Trinajstić information content (AvgIpc) is 3.21. The maximum atomic E-state index is 13.2. The van der Waals surface area contributed by atoms with E-state index in [1.165, 1.54) is 0 Å². The monoisotopic (exact) mass is 411 g/mol. The lowest BCUT2D eigenvalue weighted by molar-refractivity contribution is 0.141. The molecule has 5 rings (SSSR count). The number of hydrogen-bond donors (Lipinski definition) is 1. The van der Waals surface area contributed by atoms with Crippen LogP contribution in [-0.2, 0) is 12.8 Å². The normalized spacial score (nSPS) is 21.2. The summed E-state index contributed by atoms with van der Waals surface area (Å²) in [5.74, 6) is -0.00838. The highest BCUT2D eigenvalue weighted by molar-refractivity contribution is 5.89. The molecule has 1 fully saturated rings. The zero-order valence-corrected chi connectivity index (χ0v) is 16.5. The fraction of sp³-hybridized carbons (Fsp3) is 0.455. The van der Waals surface area contributed by atoms with Crippen molar-refractivity contribution >= 4 is 16.7 Å². The van der Waals surface area contributed by atoms with Crippen LogP contribution in [-0.4, -0.2) is 25.8 Å². The van der Waals surface area contributed by atoms with E-state index < -0.39 is 12.2 Å². The summed E-state index contributed by atoms with van der Waals surface area (Å²) in [5.41, 5.74) is 2.64. The molecule has 156 valence electrons. The molecule has 2 aromatic heterocycles. The molecule has 0 atom stereocenters. The van der Waals surface area contributed by atoms with Crippen molar-refractivity contribution < 1.29 is 8.78 Å². The third kappa shape index (κ3) is 3.55. The molecule has 2 aliphatic carbocycles. The second-order valence-corrected chi connectivity index (χ2v) is 8.15. The van der Waals surface area contributed by atoms with Crippen molar-refractivity contribution in [3.63, 3.8) is 0 Å². The van der Waals surface area contributed by atoms with Crippen LogP contribution in [0.4, 0.5) is 14.6 Å². The summed E-state index contributed by atoms with van der Waals surface area (Å²) in [6.45, 7) is 0. The Balaban J connectivity index is 1.33. The van der Waals surface area contributed by atoms with Gasteiger partial charge in [0.1, 0.15) is 5.82 Å². The van der Waals surface area contributed by atoms with E-state index >= 15 is 0 Å². The third-order valence-corrected chi connectivity index (χ3v) is 6.18. The van der Waals surface area contributed by atoms with Gasteiger partial charge >= 0.3 is 0 Å². The van der Waals surface area contributed by atoms with Crippen molar-refractivity contribution in [2.24, 2.45) is 0 Å². The van der Waals surface area contributed by atoms with Gasteiger partial charge in [-0.25, -0.2) is 23.4 Å². The quantitative estimate of drug-likeness (QED) is 0.696. The lowest BCUT2D eigenvalue weighted by atomic mass is 9.91. The minimum Gasteiger partial charge on any atom is -0.367 e. The first kappa shape index (κ1) is 19.1. The molecule has 1 aromatic carbocycles. The number of aryl methyl sites for hydroxylation is 2. The minimum absolute atomic E-state index is 0.0181. The summed E-state index contributed by atoms with van der Waals surface area (Å²) in [7, 11) is 0. The largest absolute Gasteiger partial charge is 0.367 e. The fourth-order valence-electron chi connectivity index (χ4n) is 4.64. The Morgan fingerprint density at radius 3 is 2.67 bits per heavy atom. The van der Waals surface area contributed by atoms with Crippen LogP contribution < -0.4 is 10.9 Å². The lowest BCUT2D eigenvalue weighted by Gasteiger charge is -2.30. The molecule has 3 aromatic rings. The van der Waals surface area contributed by atoms with Gasteiger partial charge in [0.2, 0.25) is 0 Å². The highest BCUT2D eigenvalue weighted by Gasteiger charge is 2.26. The molecule has 0 bridgehead atoms. The minimum atomic E-state index is -2.72. The van der Waals surface area contributed by atoms with Crippen molar-refractivity contribution in [1.29, 1.82) is 0 Å². The number of alkyl halides is 2. The number of fused-ring (bicyclic) bond motifs is 2. The maximum absolute atomic E-state index is 13.2. The average molecular weight is 411 g/mol. The van der Waals surface area contributed by atoms with Crippen molar-refractivity contribution in [3.05, 3.63) is 57.8 Å². The van der Waals surface area contributed by atoms with E-state index in [4.69, 9.17) is 0 Å². The van der Waals surface area contributed by atoms with Gasteiger partial charge in [-0.15, -0.1) is 0 Å². The number of hydrogen-bond acceptors (Lipinski definition) is 5. The molecular weight excluding hydrogens is 388 g/mol. The summed E-state index contributed by atoms with van der Waals surface area (Å²) >= 11 is 0. The number of aromatic nitrogens is 4. The molecule has 8 heteroatoms. The van der Waals surface area contributed by atoms with E-state index in [-0.39, 0.29) is 17.6 Å². The number of rotatable bonds is 4. The van der Waals surface area contributed by atoms with Crippen LogP contribution in [0.25, 0.3) is 10.9 Å². The molecule has 0 spiro atoms. The van der Waals surface area contributed by atoms with Gasteiger partial charge in [-0.1, -0.05) is 12.1 Å². The predicted molar refractivity (Wildman–Crippen MR) is 110 cm³/mol. The van der Waals surface area contributed by atoms with Crippen LogP contribution in [0, 0.1) is 0 Å². The van der Waals surface area contributed by atoms with Gasteiger partial charge in [0.05, 0.1) is 17.3 Å². The highest BCUT2D eigenvalue weighted by atomic mass is 19.3. The fourth-order valence-corrected chi connectivity index (χ4v) is 4.64. The van der Waals surface area contributed by atoms with Gasteiger partial charge in [0, 0.05) is 17.5 Å². The Morgan fingerprint density at radius 2 is 1.87 bits per heavy atom. The summed E-state index contributed by atoms with van der Waals surface area (Å²) in [4.78, 5) is 20.6. The summed E-state index contributed by atoms with van der Waals surface area (Å²) in [5, 5.41) is 8.73. The number of halogens is 2. The van der Waals surface area contributed by atoms with Crippen LogP contribution in [0.5, 0.6) is 0 Å². The maximum Gasteiger partial charge on any atom is 0.297 e. The van der Waals surface area contributed by atoms with Crippen molar-refractivity contribution in [2.75, 3.05) is 5.32 Å². The van der Waals surface area contributed by atoms with Crippen LogP contribution in [0.3, 0.4) is 0 Å². The van der Waals surface area contributed by atoms with E-state index in [0.717, 1.165) is 61.6 Å². The Hall–Kier alpha value is -2.90. The summed E-state index contributed by atoms with van der Waals surface area (Å²) < 4.78 is 28.1. The van der Waals surface area contributed by atoms with Crippen molar-refractivity contribution in [3.8, 4) is 0 Å². The number of anilines is 1. The molecule has 0 radical (unpaired) electrons. The van der Waals surface area contributed by atoms with Gasteiger partial charge < -0.3 is 5.32 Å². The number of nitrogens with zero attached hydrogens (tertiary/aromatic N) is 4. The molecule has 0 unspecified atom stereocenters. The van der Waals surface area contributed by atoms with Crippen molar-refractivity contribution in [1.82, 2.24) is 19.7 Å². The van der Waals surface area contributed by atoms with Gasteiger partial charge in [-0.2, -0.15) is 5.10 Å². The van der Waals surface area contributed by atoms with E-state index in [1.54, 1.807) is 22.9 Å². The predicted octanol–water partition coefficient (Wildman–Crippen LogP) is 4.21.